The predicted molar refractivity (Wildman–Crippen MR) is 121 cm³/mol. The normalized spacial score (nSPS) is 27.7. The van der Waals surface area contributed by atoms with Crippen molar-refractivity contribution in [1.29, 1.82) is 0 Å². The molecule has 1 aromatic carbocycles. The summed E-state index contributed by atoms with van der Waals surface area (Å²) in [5.41, 5.74) is 6.80. The van der Waals surface area contributed by atoms with Gasteiger partial charge in [0, 0.05) is 13.1 Å². The van der Waals surface area contributed by atoms with Crippen molar-refractivity contribution >= 4 is 47.6 Å². The van der Waals surface area contributed by atoms with E-state index in [0.29, 0.717) is 24.8 Å². The van der Waals surface area contributed by atoms with Gasteiger partial charge in [-0.1, -0.05) is 12.1 Å². The van der Waals surface area contributed by atoms with E-state index < -0.39 is 5.54 Å². The van der Waals surface area contributed by atoms with Gasteiger partial charge in [0.2, 0.25) is 0 Å². The van der Waals surface area contributed by atoms with Crippen molar-refractivity contribution in [2.75, 3.05) is 24.6 Å². The maximum Gasteiger partial charge on any atom is 0.329 e. The number of nitrogens with zero attached hydrogens (tertiary/aromatic N) is 3. The molecule has 0 bridgehead atoms. The molecular weight excluding hydrogens is 485 g/mol. The lowest BCUT2D eigenvalue weighted by molar-refractivity contribution is -0.122. The van der Waals surface area contributed by atoms with Gasteiger partial charge < -0.3 is 20.7 Å². The molecule has 2 aliphatic heterocycles. The Labute approximate surface area is 187 Å². The molecule has 3 aliphatic rings. The maximum atomic E-state index is 12.9. The molecular formula is C20H28IN5O3. The summed E-state index contributed by atoms with van der Waals surface area (Å²) in [4.78, 5) is 33.1. The van der Waals surface area contributed by atoms with Crippen LogP contribution >= 0.6 is 24.0 Å². The molecule has 0 spiro atoms. The predicted octanol–water partition coefficient (Wildman–Crippen LogP) is 2.06. The number of carbonyl (C=O) groups excluding carboxylic acids is 2. The Bertz CT molecular complexity index is 828. The zero-order chi connectivity index (χ0) is 19.9. The zero-order valence-electron chi connectivity index (χ0n) is 16.8. The summed E-state index contributed by atoms with van der Waals surface area (Å²) in [5, 5.41) is 2.88. The lowest BCUT2D eigenvalue weighted by Crippen LogP contribution is -2.47. The molecule has 2 heterocycles. The number of imide groups is 1. The van der Waals surface area contributed by atoms with Gasteiger partial charge in [0.15, 0.2) is 5.96 Å². The number of ether oxygens (including phenoxy) is 1. The third kappa shape index (κ3) is 4.35. The lowest BCUT2D eigenvalue weighted by atomic mass is 9.96. The Hall–Kier alpha value is -1.88. The van der Waals surface area contributed by atoms with Gasteiger partial charge in [-0.05, 0) is 50.3 Å². The van der Waals surface area contributed by atoms with Crippen molar-refractivity contribution in [3.63, 3.8) is 0 Å². The second-order valence-corrected chi connectivity index (χ2v) is 8.02. The number of anilines is 1. The summed E-state index contributed by atoms with van der Waals surface area (Å²) in [6, 6.07) is 6.99. The number of carbonyl (C=O) groups is 2. The molecule has 1 aromatic rings. The third-order valence-electron chi connectivity index (χ3n) is 5.77. The van der Waals surface area contributed by atoms with E-state index in [4.69, 9.17) is 10.5 Å². The monoisotopic (exact) mass is 513 g/mol. The number of guanidine groups is 1. The number of rotatable bonds is 4. The number of urea groups is 1. The van der Waals surface area contributed by atoms with E-state index in [0.717, 1.165) is 31.5 Å². The highest BCUT2D eigenvalue weighted by Gasteiger charge is 2.56. The quantitative estimate of drug-likeness (QED) is 0.278. The van der Waals surface area contributed by atoms with Crippen molar-refractivity contribution in [2.45, 2.75) is 44.9 Å². The molecule has 158 valence electrons. The highest BCUT2D eigenvalue weighted by Crippen LogP contribution is 2.43. The van der Waals surface area contributed by atoms with Gasteiger partial charge in [-0.25, -0.2) is 14.7 Å². The summed E-state index contributed by atoms with van der Waals surface area (Å²) in [7, 11) is 0. The molecule has 1 aliphatic carbocycles. The van der Waals surface area contributed by atoms with E-state index in [-0.39, 0.29) is 47.9 Å². The van der Waals surface area contributed by atoms with E-state index >= 15 is 0 Å². The van der Waals surface area contributed by atoms with Gasteiger partial charge in [-0.2, -0.15) is 0 Å². The van der Waals surface area contributed by atoms with E-state index in [1.165, 1.54) is 4.90 Å². The average molecular weight is 513 g/mol. The number of aliphatic imine (C=N–C) groups is 1. The Morgan fingerprint density at radius 3 is 2.83 bits per heavy atom. The Morgan fingerprint density at radius 1 is 1.38 bits per heavy atom. The van der Waals surface area contributed by atoms with Crippen LogP contribution in [-0.2, 0) is 16.1 Å². The molecule has 0 radical (unpaired) electrons. The summed E-state index contributed by atoms with van der Waals surface area (Å²) in [6.07, 6.45) is 2.08. The number of nitrogens with one attached hydrogen (secondary N) is 1. The number of nitrogens with two attached hydrogens (primary N) is 1. The molecule has 1 saturated carbocycles. The largest absolute Gasteiger partial charge is 0.375 e. The molecule has 3 N–H and O–H groups in total. The standard InChI is InChI=1S/C20H27N5O3.HI/c1-13-12-24(8-9-28-13)18(21)22-11-14-4-3-5-16(10-14)25-17(26)20(2,15-6-7-15)23-19(25)27;/h3-5,10,13,15H,6-9,11-12H2,1-2H3,(H2,21,22)(H,23,27);1H. The molecule has 8 nitrogen and oxygen atoms in total. The number of hydrogen-bond acceptors (Lipinski definition) is 4. The topological polar surface area (TPSA) is 100 Å². The Morgan fingerprint density at radius 2 is 2.14 bits per heavy atom. The van der Waals surface area contributed by atoms with Crippen LogP contribution in [0.3, 0.4) is 0 Å². The van der Waals surface area contributed by atoms with Gasteiger partial charge >= 0.3 is 6.03 Å². The van der Waals surface area contributed by atoms with E-state index in [9.17, 15) is 9.59 Å². The van der Waals surface area contributed by atoms with E-state index in [2.05, 4.69) is 10.3 Å². The van der Waals surface area contributed by atoms with Crippen LogP contribution in [0.25, 0.3) is 0 Å². The zero-order valence-corrected chi connectivity index (χ0v) is 19.1. The first-order chi connectivity index (χ1) is 13.4. The minimum Gasteiger partial charge on any atom is -0.375 e. The van der Waals surface area contributed by atoms with Crippen LogP contribution < -0.4 is 16.0 Å². The third-order valence-corrected chi connectivity index (χ3v) is 5.77. The van der Waals surface area contributed by atoms with Crippen LogP contribution in [0.2, 0.25) is 0 Å². The fourth-order valence-corrected chi connectivity index (χ4v) is 3.92. The highest BCUT2D eigenvalue weighted by molar-refractivity contribution is 14.0. The van der Waals surface area contributed by atoms with Gasteiger partial charge in [0.1, 0.15) is 5.54 Å². The van der Waals surface area contributed by atoms with Crippen LogP contribution in [0.5, 0.6) is 0 Å². The van der Waals surface area contributed by atoms with Crippen molar-refractivity contribution in [3.8, 4) is 0 Å². The van der Waals surface area contributed by atoms with Gasteiger partial charge in [-0.15, -0.1) is 24.0 Å². The van der Waals surface area contributed by atoms with Crippen LogP contribution in [0.15, 0.2) is 29.3 Å². The Balaban J connectivity index is 0.00000240. The number of morpholine rings is 1. The number of halogens is 1. The molecule has 3 amide bonds. The Kier molecular flexibility index (Phi) is 6.37. The summed E-state index contributed by atoms with van der Waals surface area (Å²) < 4.78 is 5.52. The van der Waals surface area contributed by atoms with Crippen molar-refractivity contribution in [3.05, 3.63) is 29.8 Å². The first kappa shape index (κ1) is 21.8. The van der Waals surface area contributed by atoms with Crippen LogP contribution in [0.1, 0.15) is 32.3 Å². The van der Waals surface area contributed by atoms with Crippen LogP contribution in [0.4, 0.5) is 10.5 Å². The summed E-state index contributed by atoms with van der Waals surface area (Å²) >= 11 is 0. The maximum absolute atomic E-state index is 12.9. The average Bonchev–Trinajstić information content (AvgIpc) is 3.49. The molecule has 2 unspecified atom stereocenters. The molecule has 9 heteroatoms. The second kappa shape index (κ2) is 8.47. The van der Waals surface area contributed by atoms with Gasteiger partial charge in [0.05, 0.1) is 24.9 Å². The fourth-order valence-electron chi connectivity index (χ4n) is 3.92. The summed E-state index contributed by atoms with van der Waals surface area (Å²) in [5.74, 6) is 0.539. The number of benzene rings is 1. The molecule has 0 aromatic heterocycles. The minimum atomic E-state index is -0.789. The minimum absolute atomic E-state index is 0. The SMILES string of the molecule is CC1CN(C(N)=NCc2cccc(N3C(=O)NC(C)(C4CC4)C3=O)c2)CCO1.I. The van der Waals surface area contributed by atoms with Gasteiger partial charge in [-0.3, -0.25) is 4.79 Å². The van der Waals surface area contributed by atoms with Crippen molar-refractivity contribution in [1.82, 2.24) is 10.2 Å². The van der Waals surface area contributed by atoms with Gasteiger partial charge in [0.25, 0.3) is 5.91 Å². The van der Waals surface area contributed by atoms with E-state index in [1.807, 2.05) is 36.9 Å². The molecule has 2 atom stereocenters. The molecule has 4 rings (SSSR count). The van der Waals surface area contributed by atoms with Crippen molar-refractivity contribution < 1.29 is 14.3 Å². The summed E-state index contributed by atoms with van der Waals surface area (Å²) in [6.45, 7) is 6.30. The molecule has 3 fully saturated rings. The lowest BCUT2D eigenvalue weighted by Gasteiger charge is -2.31. The fraction of sp³-hybridized carbons (Fsp3) is 0.550. The molecule has 29 heavy (non-hydrogen) atoms. The highest BCUT2D eigenvalue weighted by atomic mass is 127. The number of amides is 3. The second-order valence-electron chi connectivity index (χ2n) is 8.02. The van der Waals surface area contributed by atoms with Crippen LogP contribution in [-0.4, -0.2) is 54.1 Å². The smallest absolute Gasteiger partial charge is 0.329 e. The first-order valence-corrected chi connectivity index (χ1v) is 9.80. The van der Waals surface area contributed by atoms with Crippen LogP contribution in [0, 0.1) is 5.92 Å². The van der Waals surface area contributed by atoms with Crippen molar-refractivity contribution in [2.24, 2.45) is 16.6 Å². The first-order valence-electron chi connectivity index (χ1n) is 9.80. The number of hydrogen-bond donors (Lipinski definition) is 2. The molecule has 2 saturated heterocycles. The van der Waals surface area contributed by atoms with E-state index in [1.54, 1.807) is 6.07 Å².